The van der Waals surface area contributed by atoms with Crippen molar-refractivity contribution in [2.45, 2.75) is 200 Å². The van der Waals surface area contributed by atoms with E-state index in [4.69, 9.17) is 13.3 Å². The number of carboxylic acids is 1. The highest BCUT2D eigenvalue weighted by molar-refractivity contribution is 6.74. The molecule has 0 aromatic carbocycles. The molecule has 0 saturated heterocycles. The summed E-state index contributed by atoms with van der Waals surface area (Å²) >= 11 is 0. The van der Waals surface area contributed by atoms with Gasteiger partial charge in [-0.1, -0.05) is 79.7 Å². The van der Waals surface area contributed by atoms with Gasteiger partial charge in [0.25, 0.3) is 0 Å². The summed E-state index contributed by atoms with van der Waals surface area (Å²) in [6, 6.07) is 0. The predicted octanol–water partition coefficient (Wildman–Crippen LogP) is 11.7. The first kappa shape index (κ1) is 44.6. The van der Waals surface area contributed by atoms with Gasteiger partial charge in [0.05, 0.1) is 18.3 Å². The van der Waals surface area contributed by atoms with E-state index in [-0.39, 0.29) is 40.0 Å². The van der Waals surface area contributed by atoms with E-state index in [0.717, 1.165) is 37.7 Å². The van der Waals surface area contributed by atoms with Gasteiger partial charge in [0.2, 0.25) is 0 Å². The minimum absolute atomic E-state index is 0.0297. The van der Waals surface area contributed by atoms with E-state index in [1.54, 1.807) is 12.5 Å². The first-order valence-electron chi connectivity index (χ1n) is 20.0. The zero-order valence-electron chi connectivity index (χ0n) is 35.7. The number of fused-ring (bicyclic) bond motifs is 1. The monoisotopic (exact) mass is 763 g/mol. The highest BCUT2D eigenvalue weighted by Crippen LogP contribution is 2.60. The van der Waals surface area contributed by atoms with E-state index in [1.807, 2.05) is 19.6 Å². The summed E-state index contributed by atoms with van der Waals surface area (Å²) in [6.07, 6.45) is 12.4. The van der Waals surface area contributed by atoms with Crippen LogP contribution in [0.5, 0.6) is 0 Å². The lowest BCUT2D eigenvalue weighted by atomic mass is 9.60. The van der Waals surface area contributed by atoms with Crippen molar-refractivity contribution >= 4 is 30.9 Å². The molecule has 3 aliphatic carbocycles. The van der Waals surface area contributed by atoms with Crippen LogP contribution in [0.4, 0.5) is 0 Å². The Morgan fingerprint density at radius 2 is 1.53 bits per heavy atom. The zero-order chi connectivity index (χ0) is 39.2. The number of carbonyl (C=O) groups is 1. The maximum Gasteiger partial charge on any atom is 0.334 e. The van der Waals surface area contributed by atoms with Crippen molar-refractivity contribution in [2.75, 3.05) is 0 Å². The number of carboxylic acid groups (broad SMARTS) is 1. The van der Waals surface area contributed by atoms with E-state index >= 15 is 0 Å². The van der Waals surface area contributed by atoms with Gasteiger partial charge < -0.3 is 23.5 Å². The molecule has 51 heavy (non-hydrogen) atoms. The Labute approximate surface area is 316 Å². The summed E-state index contributed by atoms with van der Waals surface area (Å²) in [5.41, 5.74) is 2.76. The van der Waals surface area contributed by atoms with Gasteiger partial charge in [-0.2, -0.15) is 0 Å². The van der Waals surface area contributed by atoms with E-state index < -0.39 is 42.6 Å². The standard InChI is InChI=1S/C42H78O6Si3/c1-29(25-33(43)28-42(10,38(44)45)48-49(11,12)13)35-22-23-36-31(19-18-24-41(35,36)9)20-21-32-26-34(46-50(14,15)39(3,4)5)27-37(30(32)2)47-51(16,17)40(6,7)8/h20-21,29,33-37,43H,2,18-19,22-28H2,1,3-17H3,(H,44,45)/t29-,33+,34+,35-,36+,37-,41-,42-/m1/s1. The second-order valence-corrected chi connectivity index (χ2v) is 35.1. The van der Waals surface area contributed by atoms with Crippen molar-refractivity contribution in [3.8, 4) is 0 Å². The van der Waals surface area contributed by atoms with Gasteiger partial charge in [-0.15, -0.1) is 0 Å². The lowest BCUT2D eigenvalue weighted by Gasteiger charge is -2.46. The third kappa shape index (κ3) is 10.7. The molecule has 0 heterocycles. The van der Waals surface area contributed by atoms with Crippen LogP contribution in [-0.4, -0.2) is 65.0 Å². The molecule has 0 bridgehead atoms. The number of rotatable bonds is 13. The fourth-order valence-corrected chi connectivity index (χ4v) is 13.1. The molecule has 3 rings (SSSR count). The fourth-order valence-electron chi connectivity index (χ4n) is 8.95. The molecule has 0 spiro atoms. The molecule has 0 amide bonds. The number of aliphatic carboxylic acids is 1. The summed E-state index contributed by atoms with van der Waals surface area (Å²) in [5, 5.41) is 21.5. The summed E-state index contributed by atoms with van der Waals surface area (Å²) < 4.78 is 20.3. The van der Waals surface area contributed by atoms with Crippen LogP contribution in [0, 0.1) is 23.2 Å². The summed E-state index contributed by atoms with van der Waals surface area (Å²) in [7, 11) is -6.13. The third-order valence-electron chi connectivity index (χ3n) is 13.7. The molecule has 0 aliphatic heterocycles. The number of aliphatic hydroxyl groups excluding tert-OH is 1. The number of aliphatic hydroxyl groups is 1. The number of allylic oxidation sites excluding steroid dienone is 3. The highest BCUT2D eigenvalue weighted by atomic mass is 28.4. The van der Waals surface area contributed by atoms with E-state index in [1.165, 1.54) is 18.4 Å². The maximum atomic E-state index is 12.2. The second-order valence-electron chi connectivity index (χ2n) is 21.2. The largest absolute Gasteiger partial charge is 0.479 e. The molecular formula is C42H78O6Si3. The molecule has 0 radical (unpaired) electrons. The van der Waals surface area contributed by atoms with E-state index in [0.29, 0.717) is 18.3 Å². The normalized spacial score (nSPS) is 31.0. The Morgan fingerprint density at radius 1 is 0.961 bits per heavy atom. The first-order valence-corrected chi connectivity index (χ1v) is 29.2. The van der Waals surface area contributed by atoms with E-state index in [2.05, 4.69) is 100 Å². The Bertz CT molecular complexity index is 1310. The van der Waals surface area contributed by atoms with Crippen molar-refractivity contribution in [1.29, 1.82) is 0 Å². The fraction of sp³-hybridized carbons (Fsp3) is 0.833. The Hall–Kier alpha value is -0.819. The van der Waals surface area contributed by atoms with Crippen LogP contribution < -0.4 is 0 Å². The van der Waals surface area contributed by atoms with Gasteiger partial charge in [0.1, 0.15) is 0 Å². The minimum atomic E-state index is -2.12. The molecule has 3 saturated carbocycles. The van der Waals surface area contributed by atoms with Crippen LogP contribution in [0.25, 0.3) is 0 Å². The van der Waals surface area contributed by atoms with Crippen LogP contribution in [0.3, 0.4) is 0 Å². The maximum absolute atomic E-state index is 12.2. The summed E-state index contributed by atoms with van der Waals surface area (Å²) in [5.74, 6) is 0.300. The van der Waals surface area contributed by atoms with Crippen molar-refractivity contribution in [1.82, 2.24) is 0 Å². The van der Waals surface area contributed by atoms with Gasteiger partial charge in [-0.25, -0.2) is 4.79 Å². The van der Waals surface area contributed by atoms with Crippen LogP contribution in [-0.2, 0) is 18.1 Å². The molecule has 294 valence electrons. The van der Waals surface area contributed by atoms with Gasteiger partial charge in [0.15, 0.2) is 30.6 Å². The van der Waals surface area contributed by atoms with E-state index in [9.17, 15) is 15.0 Å². The first-order chi connectivity index (χ1) is 22.9. The quantitative estimate of drug-likeness (QED) is 0.182. The molecule has 3 aliphatic rings. The topological polar surface area (TPSA) is 85.2 Å². The molecule has 0 aromatic rings. The van der Waals surface area contributed by atoms with Crippen LogP contribution in [0.15, 0.2) is 35.5 Å². The van der Waals surface area contributed by atoms with Crippen molar-refractivity contribution in [3.63, 3.8) is 0 Å². The van der Waals surface area contributed by atoms with Gasteiger partial charge >= 0.3 is 5.97 Å². The van der Waals surface area contributed by atoms with Gasteiger partial charge in [-0.3, -0.25) is 0 Å². The summed E-state index contributed by atoms with van der Waals surface area (Å²) in [4.78, 5) is 12.2. The van der Waals surface area contributed by atoms with Crippen LogP contribution >= 0.6 is 0 Å². The smallest absolute Gasteiger partial charge is 0.334 e. The number of hydrogen-bond acceptors (Lipinski definition) is 5. The molecule has 0 aromatic heterocycles. The van der Waals surface area contributed by atoms with Gasteiger partial charge in [-0.05, 0) is 142 Å². The van der Waals surface area contributed by atoms with Crippen molar-refractivity contribution in [3.05, 3.63) is 35.5 Å². The third-order valence-corrected chi connectivity index (χ3v) is 23.8. The summed E-state index contributed by atoms with van der Waals surface area (Å²) in [6.45, 7) is 40.3. The van der Waals surface area contributed by atoms with Crippen LogP contribution in [0.2, 0.25) is 55.9 Å². The van der Waals surface area contributed by atoms with Gasteiger partial charge in [0, 0.05) is 12.8 Å². The molecule has 8 atom stereocenters. The lowest BCUT2D eigenvalue weighted by molar-refractivity contribution is -0.157. The molecule has 9 heteroatoms. The number of hydrogen-bond donors (Lipinski definition) is 2. The zero-order valence-corrected chi connectivity index (χ0v) is 38.7. The van der Waals surface area contributed by atoms with Crippen molar-refractivity contribution in [2.24, 2.45) is 23.2 Å². The highest BCUT2D eigenvalue weighted by Gasteiger charge is 2.51. The lowest BCUT2D eigenvalue weighted by Crippen LogP contribution is -2.49. The Balaban J connectivity index is 1.85. The molecular weight excluding hydrogens is 685 g/mol. The molecule has 0 unspecified atom stereocenters. The Kier molecular flexibility index (Phi) is 13.8. The molecule has 3 fully saturated rings. The Morgan fingerprint density at radius 3 is 2.06 bits per heavy atom. The minimum Gasteiger partial charge on any atom is -0.479 e. The second kappa shape index (κ2) is 15.7. The average Bonchev–Trinajstić information content (AvgIpc) is 3.28. The average molecular weight is 763 g/mol. The predicted molar refractivity (Wildman–Crippen MR) is 222 cm³/mol. The molecule has 2 N–H and O–H groups in total. The van der Waals surface area contributed by atoms with Crippen molar-refractivity contribution < 1.29 is 28.3 Å². The molecule has 6 nitrogen and oxygen atoms in total. The SMILES string of the molecule is C=C1C(=CC=C2CCC[C@]3(C)[C@@H]([C@H](C)C[C@H](O)C[C@@](C)(O[Si](C)(C)C)C(=O)O)CC[C@@H]23)C[C@H](O[Si](C)(C)C(C)(C)C)C[C@H]1O[Si](C)(C)C(C)(C)C. The van der Waals surface area contributed by atoms with Crippen LogP contribution in [0.1, 0.15) is 120 Å².